The van der Waals surface area contributed by atoms with E-state index < -0.39 is 0 Å². The summed E-state index contributed by atoms with van der Waals surface area (Å²) in [4.78, 5) is 12.6. The van der Waals surface area contributed by atoms with E-state index in [1.165, 1.54) is 0 Å². The van der Waals surface area contributed by atoms with Crippen LogP contribution in [0.4, 0.5) is 5.69 Å². The Hall–Kier alpha value is -2.00. The molecule has 0 aliphatic carbocycles. The summed E-state index contributed by atoms with van der Waals surface area (Å²) >= 11 is 6.15. The molecule has 3 nitrogen and oxygen atoms in total. The summed E-state index contributed by atoms with van der Waals surface area (Å²) in [5.41, 5.74) is 8.19. The third-order valence-electron chi connectivity index (χ3n) is 3.14. The van der Waals surface area contributed by atoms with Gasteiger partial charge in [0.05, 0.1) is 12.2 Å². The van der Waals surface area contributed by atoms with Crippen LogP contribution in [0.5, 0.6) is 5.75 Å². The van der Waals surface area contributed by atoms with Gasteiger partial charge < -0.3 is 10.5 Å². The monoisotopic (exact) mass is 303 g/mol. The summed E-state index contributed by atoms with van der Waals surface area (Å²) in [7, 11) is 0. The molecule has 110 valence electrons. The summed E-state index contributed by atoms with van der Waals surface area (Å²) in [6, 6.07) is 10.3. The molecule has 0 heterocycles. The molecular weight excluding hydrogens is 286 g/mol. The Balaban J connectivity index is 2.43. The van der Waals surface area contributed by atoms with Crippen molar-refractivity contribution in [1.82, 2.24) is 0 Å². The molecule has 0 atom stereocenters. The minimum absolute atomic E-state index is 0.122. The zero-order valence-electron chi connectivity index (χ0n) is 12.2. The van der Waals surface area contributed by atoms with Crippen LogP contribution >= 0.6 is 11.6 Å². The second kappa shape index (κ2) is 6.64. The average Bonchev–Trinajstić information content (AvgIpc) is 2.48. The molecule has 2 N–H and O–H groups in total. The third kappa shape index (κ3) is 3.56. The smallest absolute Gasteiger partial charge is 0.196 e. The fraction of sp³-hybridized carbons (Fsp3) is 0.235. The maximum Gasteiger partial charge on any atom is 0.196 e. The molecule has 2 aromatic rings. The number of anilines is 1. The van der Waals surface area contributed by atoms with Crippen LogP contribution in [0.25, 0.3) is 0 Å². The number of hydrogen-bond acceptors (Lipinski definition) is 3. The van der Waals surface area contributed by atoms with E-state index in [-0.39, 0.29) is 5.78 Å². The van der Waals surface area contributed by atoms with Crippen LogP contribution < -0.4 is 10.5 Å². The Morgan fingerprint density at radius 1 is 1.24 bits per heavy atom. The molecule has 0 aromatic heterocycles. The maximum absolute atomic E-state index is 12.6. The summed E-state index contributed by atoms with van der Waals surface area (Å²) < 4.78 is 5.68. The standard InChI is InChI=1S/C17H18ClNO2/c1-3-8-21-16-9-11(2)15(18)10-14(16)17(20)12-4-6-13(19)7-5-12/h4-7,9-10H,3,8,19H2,1-2H3. The topological polar surface area (TPSA) is 52.3 Å². The molecule has 2 aromatic carbocycles. The Labute approximate surface area is 129 Å². The van der Waals surface area contributed by atoms with Crippen LogP contribution in [0.3, 0.4) is 0 Å². The lowest BCUT2D eigenvalue weighted by Gasteiger charge is -2.12. The van der Waals surface area contributed by atoms with Crippen LogP contribution in [0, 0.1) is 6.92 Å². The first-order chi connectivity index (χ1) is 10.0. The van der Waals surface area contributed by atoms with E-state index >= 15 is 0 Å². The first-order valence-electron chi connectivity index (χ1n) is 6.86. The quantitative estimate of drug-likeness (QED) is 0.663. The maximum atomic E-state index is 12.6. The van der Waals surface area contributed by atoms with E-state index in [2.05, 4.69) is 0 Å². The Morgan fingerprint density at radius 2 is 1.90 bits per heavy atom. The molecule has 0 saturated carbocycles. The van der Waals surface area contributed by atoms with Gasteiger partial charge in [0.15, 0.2) is 5.78 Å². The molecule has 0 aliphatic rings. The molecule has 2 rings (SSSR count). The van der Waals surface area contributed by atoms with E-state index in [1.807, 2.05) is 19.9 Å². The highest BCUT2D eigenvalue weighted by atomic mass is 35.5. The largest absolute Gasteiger partial charge is 0.493 e. The van der Waals surface area contributed by atoms with Gasteiger partial charge in [-0.3, -0.25) is 4.79 Å². The van der Waals surface area contributed by atoms with Crippen molar-refractivity contribution in [3.63, 3.8) is 0 Å². The molecule has 0 unspecified atom stereocenters. The first-order valence-corrected chi connectivity index (χ1v) is 7.24. The van der Waals surface area contributed by atoms with Gasteiger partial charge in [-0.25, -0.2) is 0 Å². The van der Waals surface area contributed by atoms with Gasteiger partial charge >= 0.3 is 0 Å². The SMILES string of the molecule is CCCOc1cc(C)c(Cl)cc1C(=O)c1ccc(N)cc1. The van der Waals surface area contributed by atoms with Crippen LogP contribution in [0.2, 0.25) is 5.02 Å². The van der Waals surface area contributed by atoms with Crippen molar-refractivity contribution in [2.75, 3.05) is 12.3 Å². The van der Waals surface area contributed by atoms with Gasteiger partial charge in [-0.2, -0.15) is 0 Å². The van der Waals surface area contributed by atoms with Crippen molar-refractivity contribution in [1.29, 1.82) is 0 Å². The van der Waals surface area contributed by atoms with Crippen molar-refractivity contribution >= 4 is 23.1 Å². The molecule has 0 aliphatic heterocycles. The Morgan fingerprint density at radius 3 is 2.52 bits per heavy atom. The highest BCUT2D eigenvalue weighted by Crippen LogP contribution is 2.29. The number of carbonyl (C=O) groups excluding carboxylic acids is 1. The molecule has 0 saturated heterocycles. The van der Waals surface area contributed by atoms with Gasteiger partial charge in [-0.15, -0.1) is 0 Å². The number of ether oxygens (including phenoxy) is 1. The third-order valence-corrected chi connectivity index (χ3v) is 3.55. The van der Waals surface area contributed by atoms with Gasteiger partial charge in [-0.1, -0.05) is 18.5 Å². The number of halogens is 1. The second-order valence-electron chi connectivity index (χ2n) is 4.90. The van der Waals surface area contributed by atoms with Gasteiger partial charge in [0, 0.05) is 16.3 Å². The molecular formula is C17H18ClNO2. The van der Waals surface area contributed by atoms with E-state index in [0.717, 1.165) is 12.0 Å². The van der Waals surface area contributed by atoms with Gasteiger partial charge in [0.1, 0.15) is 5.75 Å². The molecule has 0 bridgehead atoms. The summed E-state index contributed by atoms with van der Waals surface area (Å²) in [6.07, 6.45) is 0.872. The van der Waals surface area contributed by atoms with Crippen LogP contribution in [-0.4, -0.2) is 12.4 Å². The van der Waals surface area contributed by atoms with Crippen LogP contribution in [0.1, 0.15) is 34.8 Å². The zero-order valence-corrected chi connectivity index (χ0v) is 12.9. The average molecular weight is 304 g/mol. The summed E-state index contributed by atoms with van der Waals surface area (Å²) in [6.45, 7) is 4.46. The number of nitrogens with two attached hydrogens (primary N) is 1. The second-order valence-corrected chi connectivity index (χ2v) is 5.30. The molecule has 4 heteroatoms. The van der Waals surface area contributed by atoms with Crippen molar-refractivity contribution < 1.29 is 9.53 Å². The first kappa shape index (κ1) is 15.4. The molecule has 0 fully saturated rings. The van der Waals surface area contributed by atoms with Crippen molar-refractivity contribution in [2.45, 2.75) is 20.3 Å². The number of nitrogen functional groups attached to an aromatic ring is 1. The lowest BCUT2D eigenvalue weighted by Crippen LogP contribution is -2.07. The van der Waals surface area contributed by atoms with Crippen molar-refractivity contribution in [3.05, 3.63) is 58.1 Å². The van der Waals surface area contributed by atoms with Gasteiger partial charge in [0.25, 0.3) is 0 Å². The van der Waals surface area contributed by atoms with Crippen LogP contribution in [0.15, 0.2) is 36.4 Å². The van der Waals surface area contributed by atoms with E-state index in [9.17, 15) is 4.79 Å². The fourth-order valence-corrected chi connectivity index (χ4v) is 2.12. The molecule has 0 spiro atoms. The van der Waals surface area contributed by atoms with E-state index in [4.69, 9.17) is 22.1 Å². The predicted molar refractivity (Wildman–Crippen MR) is 86.3 cm³/mol. The summed E-state index contributed by atoms with van der Waals surface area (Å²) in [5.74, 6) is 0.448. The van der Waals surface area contributed by atoms with Crippen molar-refractivity contribution in [2.24, 2.45) is 0 Å². The molecule has 0 radical (unpaired) electrons. The van der Waals surface area contributed by atoms with Crippen LogP contribution in [-0.2, 0) is 0 Å². The number of rotatable bonds is 5. The summed E-state index contributed by atoms with van der Waals surface area (Å²) in [5, 5.41) is 0.553. The number of hydrogen-bond donors (Lipinski definition) is 1. The minimum Gasteiger partial charge on any atom is -0.493 e. The highest BCUT2D eigenvalue weighted by molar-refractivity contribution is 6.32. The molecule has 0 amide bonds. The predicted octanol–water partition coefficient (Wildman–Crippen LogP) is 4.25. The van der Waals surface area contributed by atoms with Crippen molar-refractivity contribution in [3.8, 4) is 5.75 Å². The minimum atomic E-state index is -0.122. The van der Waals surface area contributed by atoms with Gasteiger partial charge in [-0.05, 0) is 55.3 Å². The normalized spacial score (nSPS) is 10.4. The molecule has 21 heavy (non-hydrogen) atoms. The number of aryl methyl sites for hydroxylation is 1. The van der Waals surface area contributed by atoms with Gasteiger partial charge in [0.2, 0.25) is 0 Å². The highest BCUT2D eigenvalue weighted by Gasteiger charge is 2.17. The number of benzene rings is 2. The number of carbonyl (C=O) groups is 1. The fourth-order valence-electron chi connectivity index (χ4n) is 1.95. The number of ketones is 1. The Kier molecular flexibility index (Phi) is 4.86. The Bertz CT molecular complexity index is 651. The van der Waals surface area contributed by atoms with E-state index in [1.54, 1.807) is 30.3 Å². The zero-order chi connectivity index (χ0) is 15.4. The lowest BCUT2D eigenvalue weighted by molar-refractivity contribution is 0.103. The van der Waals surface area contributed by atoms with E-state index in [0.29, 0.717) is 34.2 Å². The lowest BCUT2D eigenvalue weighted by atomic mass is 10.0.